The van der Waals surface area contributed by atoms with Gasteiger partial charge < -0.3 is 0 Å². The van der Waals surface area contributed by atoms with E-state index in [-0.39, 0.29) is 24.2 Å². The maximum atomic E-state index is 12.6. The minimum absolute atomic E-state index is 0.1000. The average Bonchev–Trinajstić information content (AvgIpc) is 2.53. The van der Waals surface area contributed by atoms with Gasteiger partial charge in [-0.15, -0.1) is 0 Å². The van der Waals surface area contributed by atoms with E-state index in [0.29, 0.717) is 5.69 Å². The quantitative estimate of drug-likeness (QED) is 0.778. The first kappa shape index (κ1) is 14.3. The second kappa shape index (κ2) is 4.75. The Labute approximate surface area is 122 Å². The van der Waals surface area contributed by atoms with Crippen LogP contribution in [-0.4, -0.2) is 11.8 Å². The summed E-state index contributed by atoms with van der Waals surface area (Å²) in [6.45, 7) is 7.82. The number of carbonyl (C=O) groups is 2. The van der Waals surface area contributed by atoms with Gasteiger partial charge in [0.2, 0.25) is 11.8 Å². The van der Waals surface area contributed by atoms with Gasteiger partial charge in [0.05, 0.1) is 11.1 Å². The Hall–Kier alpha value is -1.16. The molecule has 1 aliphatic heterocycles. The van der Waals surface area contributed by atoms with Crippen LogP contribution in [0, 0.1) is 18.3 Å². The molecule has 0 bridgehead atoms. The highest BCUT2D eigenvalue weighted by Gasteiger charge is 2.50. The maximum absolute atomic E-state index is 12.6. The van der Waals surface area contributed by atoms with E-state index in [2.05, 4.69) is 15.9 Å². The van der Waals surface area contributed by atoms with Crippen molar-refractivity contribution in [2.45, 2.75) is 34.1 Å². The Bertz CT molecular complexity index is 553. The van der Waals surface area contributed by atoms with Crippen molar-refractivity contribution in [2.24, 2.45) is 11.3 Å². The lowest BCUT2D eigenvalue weighted by Gasteiger charge is -2.26. The van der Waals surface area contributed by atoms with Crippen molar-refractivity contribution in [3.63, 3.8) is 0 Å². The third-order valence-electron chi connectivity index (χ3n) is 4.08. The molecule has 1 atom stereocenters. The molecule has 2 amide bonds. The normalized spacial score (nSPS) is 23.6. The summed E-state index contributed by atoms with van der Waals surface area (Å²) >= 11 is 3.44. The van der Waals surface area contributed by atoms with E-state index in [9.17, 15) is 9.59 Å². The Morgan fingerprint density at radius 1 is 1.32 bits per heavy atom. The van der Waals surface area contributed by atoms with Gasteiger partial charge in [-0.25, -0.2) is 4.90 Å². The molecule has 1 saturated heterocycles. The predicted octanol–water partition coefficient (Wildman–Crippen LogP) is 3.68. The second-order valence-electron chi connectivity index (χ2n) is 5.74. The number of amides is 2. The number of rotatable bonds is 2. The lowest BCUT2D eigenvalue weighted by atomic mass is 9.78. The van der Waals surface area contributed by atoms with E-state index in [1.807, 2.05) is 45.9 Å². The van der Waals surface area contributed by atoms with Crippen LogP contribution in [0.15, 0.2) is 22.7 Å². The van der Waals surface area contributed by atoms with Gasteiger partial charge in [-0.2, -0.15) is 0 Å². The van der Waals surface area contributed by atoms with Gasteiger partial charge in [0, 0.05) is 10.9 Å². The topological polar surface area (TPSA) is 37.4 Å². The van der Waals surface area contributed by atoms with Crippen LogP contribution in [0.2, 0.25) is 0 Å². The van der Waals surface area contributed by atoms with Gasteiger partial charge in [0.1, 0.15) is 0 Å². The van der Waals surface area contributed by atoms with Crippen LogP contribution in [0.3, 0.4) is 0 Å². The first-order valence-corrected chi connectivity index (χ1v) is 7.20. The van der Waals surface area contributed by atoms with Crippen molar-refractivity contribution in [3.8, 4) is 0 Å². The van der Waals surface area contributed by atoms with E-state index >= 15 is 0 Å². The first-order valence-electron chi connectivity index (χ1n) is 6.41. The molecule has 0 saturated carbocycles. The zero-order valence-corrected chi connectivity index (χ0v) is 13.2. The predicted molar refractivity (Wildman–Crippen MR) is 78.9 cm³/mol. The van der Waals surface area contributed by atoms with Crippen molar-refractivity contribution in [1.29, 1.82) is 0 Å². The van der Waals surface area contributed by atoms with Crippen LogP contribution in [0.5, 0.6) is 0 Å². The highest BCUT2D eigenvalue weighted by molar-refractivity contribution is 9.10. The zero-order valence-electron chi connectivity index (χ0n) is 11.7. The molecule has 1 aromatic carbocycles. The lowest BCUT2D eigenvalue weighted by molar-refractivity contribution is -0.126. The van der Waals surface area contributed by atoms with E-state index in [1.54, 1.807) is 0 Å². The highest BCUT2D eigenvalue weighted by atomic mass is 79.9. The number of hydrogen-bond acceptors (Lipinski definition) is 2. The molecular formula is C15H18BrNO2. The number of imide groups is 1. The molecule has 1 aromatic rings. The molecule has 0 N–H and O–H groups in total. The molecule has 3 nitrogen and oxygen atoms in total. The molecule has 1 fully saturated rings. The van der Waals surface area contributed by atoms with Crippen LogP contribution in [-0.2, 0) is 9.59 Å². The number of anilines is 1. The summed E-state index contributed by atoms with van der Waals surface area (Å²) in [5.74, 6) is -0.0824. The molecule has 0 radical (unpaired) electrons. The van der Waals surface area contributed by atoms with E-state index < -0.39 is 5.41 Å². The molecule has 0 aromatic heterocycles. The standard InChI is InChI=1S/C15H18BrNO2/c1-9(2)15(4)8-13(18)17(14(15)19)12-6-5-10(3)7-11(12)16/h5-7,9H,8H2,1-4H3. The third-order valence-corrected chi connectivity index (χ3v) is 4.71. The summed E-state index contributed by atoms with van der Waals surface area (Å²) in [4.78, 5) is 26.2. The Morgan fingerprint density at radius 3 is 2.42 bits per heavy atom. The first-order chi connectivity index (χ1) is 8.77. The number of benzene rings is 1. The Kier molecular flexibility index (Phi) is 3.56. The van der Waals surface area contributed by atoms with Crippen LogP contribution < -0.4 is 4.90 Å². The van der Waals surface area contributed by atoms with Gasteiger partial charge >= 0.3 is 0 Å². The van der Waals surface area contributed by atoms with Gasteiger partial charge in [0.15, 0.2) is 0 Å². The van der Waals surface area contributed by atoms with E-state index in [0.717, 1.165) is 10.0 Å². The molecular weight excluding hydrogens is 306 g/mol. The van der Waals surface area contributed by atoms with Gasteiger partial charge in [0.25, 0.3) is 0 Å². The fraction of sp³-hybridized carbons (Fsp3) is 0.467. The van der Waals surface area contributed by atoms with Crippen LogP contribution >= 0.6 is 15.9 Å². The van der Waals surface area contributed by atoms with Crippen molar-refractivity contribution >= 4 is 33.4 Å². The lowest BCUT2D eigenvalue weighted by Crippen LogP contribution is -2.37. The maximum Gasteiger partial charge on any atom is 0.240 e. The molecule has 19 heavy (non-hydrogen) atoms. The molecule has 4 heteroatoms. The van der Waals surface area contributed by atoms with Gasteiger partial charge in [-0.05, 0) is 53.4 Å². The molecule has 2 rings (SSSR count). The summed E-state index contributed by atoms with van der Waals surface area (Å²) in [6.07, 6.45) is 0.282. The van der Waals surface area contributed by atoms with Gasteiger partial charge in [-0.3, -0.25) is 9.59 Å². The highest BCUT2D eigenvalue weighted by Crippen LogP contribution is 2.42. The SMILES string of the molecule is Cc1ccc(N2C(=O)CC(C)(C(C)C)C2=O)c(Br)c1. The van der Waals surface area contributed by atoms with Gasteiger partial charge in [-0.1, -0.05) is 19.9 Å². The van der Waals surface area contributed by atoms with Crippen molar-refractivity contribution < 1.29 is 9.59 Å². The smallest absolute Gasteiger partial charge is 0.240 e. The number of aryl methyl sites for hydroxylation is 1. The summed E-state index contributed by atoms with van der Waals surface area (Å²) in [5.41, 5.74) is 1.13. The van der Waals surface area contributed by atoms with Crippen LogP contribution in [0.1, 0.15) is 32.8 Å². The second-order valence-corrected chi connectivity index (χ2v) is 6.59. The van der Waals surface area contributed by atoms with Crippen molar-refractivity contribution in [1.82, 2.24) is 0 Å². The van der Waals surface area contributed by atoms with Crippen molar-refractivity contribution in [2.75, 3.05) is 4.90 Å². The fourth-order valence-corrected chi connectivity index (χ4v) is 3.00. The summed E-state index contributed by atoms with van der Waals surface area (Å²) in [7, 11) is 0. The number of carbonyl (C=O) groups excluding carboxylic acids is 2. The fourth-order valence-electron chi connectivity index (χ4n) is 2.33. The van der Waals surface area contributed by atoms with E-state index in [1.165, 1.54) is 4.90 Å². The van der Waals surface area contributed by atoms with Crippen LogP contribution in [0.4, 0.5) is 5.69 Å². The van der Waals surface area contributed by atoms with Crippen molar-refractivity contribution in [3.05, 3.63) is 28.2 Å². The monoisotopic (exact) mass is 323 g/mol. The average molecular weight is 324 g/mol. The summed E-state index contributed by atoms with van der Waals surface area (Å²) in [6, 6.07) is 5.65. The summed E-state index contributed by atoms with van der Waals surface area (Å²) < 4.78 is 0.780. The molecule has 102 valence electrons. The number of hydrogen-bond donors (Lipinski definition) is 0. The minimum atomic E-state index is -0.596. The number of nitrogens with zero attached hydrogens (tertiary/aromatic N) is 1. The number of halogens is 1. The molecule has 1 heterocycles. The molecule has 0 spiro atoms. The van der Waals surface area contributed by atoms with E-state index in [4.69, 9.17) is 0 Å². The Morgan fingerprint density at radius 2 is 1.95 bits per heavy atom. The largest absolute Gasteiger partial charge is 0.274 e. The molecule has 1 aliphatic rings. The summed E-state index contributed by atoms with van der Waals surface area (Å²) in [5, 5.41) is 0. The minimum Gasteiger partial charge on any atom is -0.274 e. The Balaban J connectivity index is 2.46. The molecule has 1 unspecified atom stereocenters. The third kappa shape index (κ3) is 2.22. The zero-order chi connectivity index (χ0) is 14.4. The molecule has 0 aliphatic carbocycles. The van der Waals surface area contributed by atoms with Crippen LogP contribution in [0.25, 0.3) is 0 Å².